The Labute approximate surface area is 198 Å². The molecule has 0 unspecified atom stereocenters. The van der Waals surface area contributed by atoms with Crippen LogP contribution in [0.4, 0.5) is 5.69 Å². The molecule has 1 heterocycles. The molecule has 9 heteroatoms. The number of amides is 1. The lowest BCUT2D eigenvalue weighted by atomic mass is 10.2. The van der Waals surface area contributed by atoms with E-state index in [4.69, 9.17) is 23.2 Å². The Bertz CT molecular complexity index is 815. The monoisotopic (exact) mass is 549 g/mol. The van der Waals surface area contributed by atoms with Crippen LogP contribution in [-0.2, 0) is 11.2 Å². The van der Waals surface area contributed by atoms with Crippen molar-refractivity contribution >= 4 is 64.7 Å². The number of rotatable bonds is 8. The lowest BCUT2D eigenvalue weighted by Gasteiger charge is -2.12. The van der Waals surface area contributed by atoms with Gasteiger partial charge in [-0.25, -0.2) is 4.98 Å². The van der Waals surface area contributed by atoms with Gasteiger partial charge in [0.05, 0.1) is 6.54 Å². The van der Waals surface area contributed by atoms with Crippen molar-refractivity contribution in [3.8, 4) is 0 Å². The van der Waals surface area contributed by atoms with Crippen molar-refractivity contribution in [1.82, 2.24) is 15.6 Å². The van der Waals surface area contributed by atoms with E-state index in [2.05, 4.69) is 25.9 Å². The zero-order valence-electron chi connectivity index (χ0n) is 16.5. The maximum atomic E-state index is 12.2. The second-order valence-electron chi connectivity index (χ2n) is 6.14. The summed E-state index contributed by atoms with van der Waals surface area (Å²) in [4.78, 5) is 20.7. The molecule has 0 aliphatic rings. The van der Waals surface area contributed by atoms with Crippen molar-refractivity contribution < 1.29 is 4.79 Å². The van der Waals surface area contributed by atoms with E-state index in [-0.39, 0.29) is 36.3 Å². The summed E-state index contributed by atoms with van der Waals surface area (Å²) >= 11 is 11.9. The number of halogens is 3. The molecular weight excluding hydrogens is 524 g/mol. The Kier molecular flexibility index (Phi) is 11.9. The van der Waals surface area contributed by atoms with E-state index in [0.29, 0.717) is 29.2 Å². The average molecular weight is 550 g/mol. The molecule has 29 heavy (non-hydrogen) atoms. The second kappa shape index (κ2) is 13.6. The van der Waals surface area contributed by atoms with Crippen LogP contribution in [0.3, 0.4) is 0 Å². The summed E-state index contributed by atoms with van der Waals surface area (Å²) < 4.78 is 0. The van der Waals surface area contributed by atoms with Crippen molar-refractivity contribution in [2.24, 2.45) is 4.99 Å². The van der Waals surface area contributed by atoms with E-state index in [1.165, 1.54) is 0 Å². The zero-order valence-corrected chi connectivity index (χ0v) is 20.3. The first-order valence-corrected chi connectivity index (χ1v) is 9.92. The van der Waals surface area contributed by atoms with E-state index in [1.807, 2.05) is 32.0 Å². The van der Waals surface area contributed by atoms with E-state index >= 15 is 0 Å². The molecule has 3 N–H and O–H groups in total. The number of benzene rings is 1. The van der Waals surface area contributed by atoms with E-state index in [1.54, 1.807) is 18.3 Å². The Balaban J connectivity index is 0.00000420. The number of anilines is 1. The molecule has 158 valence electrons. The highest BCUT2D eigenvalue weighted by Crippen LogP contribution is 2.22. The van der Waals surface area contributed by atoms with Crippen molar-refractivity contribution in [2.75, 3.05) is 25.0 Å². The van der Waals surface area contributed by atoms with Gasteiger partial charge < -0.3 is 16.0 Å². The van der Waals surface area contributed by atoms with E-state index in [0.717, 1.165) is 29.8 Å². The van der Waals surface area contributed by atoms with Crippen LogP contribution < -0.4 is 16.0 Å². The third-order valence-corrected chi connectivity index (χ3v) is 4.62. The SMILES string of the molecule is CCNC(=NCCC(=O)Nc1cccc(Cl)c1C)NCCc1ccc(Cl)nc1.I. The molecule has 0 bridgehead atoms. The lowest BCUT2D eigenvalue weighted by Crippen LogP contribution is -2.38. The molecule has 2 aromatic rings. The fourth-order valence-corrected chi connectivity index (χ4v) is 2.73. The molecule has 0 atom stereocenters. The van der Waals surface area contributed by atoms with Gasteiger partial charge in [0.15, 0.2) is 5.96 Å². The number of nitrogens with zero attached hydrogens (tertiary/aromatic N) is 2. The van der Waals surface area contributed by atoms with Gasteiger partial charge in [-0.1, -0.05) is 35.3 Å². The van der Waals surface area contributed by atoms with Gasteiger partial charge in [0, 0.05) is 36.4 Å². The molecule has 1 aromatic heterocycles. The summed E-state index contributed by atoms with van der Waals surface area (Å²) in [5.74, 6) is 0.577. The molecule has 0 aliphatic heterocycles. The van der Waals surface area contributed by atoms with Gasteiger partial charge in [-0.05, 0) is 49.6 Å². The molecular formula is C20H26Cl2IN5O. The number of aromatic nitrogens is 1. The maximum absolute atomic E-state index is 12.2. The van der Waals surface area contributed by atoms with Crippen LogP contribution >= 0.6 is 47.2 Å². The smallest absolute Gasteiger partial charge is 0.226 e. The van der Waals surface area contributed by atoms with Gasteiger partial charge in [-0.2, -0.15) is 0 Å². The largest absolute Gasteiger partial charge is 0.357 e. The highest BCUT2D eigenvalue weighted by molar-refractivity contribution is 14.0. The van der Waals surface area contributed by atoms with Crippen molar-refractivity contribution in [3.63, 3.8) is 0 Å². The molecule has 0 saturated heterocycles. The van der Waals surface area contributed by atoms with Gasteiger partial charge in [0.25, 0.3) is 0 Å². The van der Waals surface area contributed by atoms with Crippen molar-refractivity contribution in [3.05, 3.63) is 57.8 Å². The fourth-order valence-electron chi connectivity index (χ4n) is 2.45. The Morgan fingerprint density at radius 3 is 2.66 bits per heavy atom. The number of aliphatic imine (C=N–C) groups is 1. The topological polar surface area (TPSA) is 78.4 Å². The number of hydrogen-bond donors (Lipinski definition) is 3. The predicted molar refractivity (Wildman–Crippen MR) is 132 cm³/mol. The lowest BCUT2D eigenvalue weighted by molar-refractivity contribution is -0.116. The minimum atomic E-state index is -0.0998. The normalized spacial score (nSPS) is 10.8. The van der Waals surface area contributed by atoms with Gasteiger partial charge in [-0.15, -0.1) is 24.0 Å². The Morgan fingerprint density at radius 1 is 1.17 bits per heavy atom. The number of guanidine groups is 1. The average Bonchev–Trinajstić information content (AvgIpc) is 2.67. The third-order valence-electron chi connectivity index (χ3n) is 3.99. The predicted octanol–water partition coefficient (Wildman–Crippen LogP) is 4.44. The van der Waals surface area contributed by atoms with Gasteiger partial charge in [-0.3, -0.25) is 9.79 Å². The third kappa shape index (κ3) is 9.18. The standard InChI is InChI=1S/C20H25Cl2N5O.HI/c1-3-23-20(24-11-9-15-7-8-18(22)26-13-15)25-12-10-19(28)27-17-6-4-5-16(21)14(17)2;/h4-8,13H,3,9-12H2,1-2H3,(H,27,28)(H2,23,24,25);1H. The summed E-state index contributed by atoms with van der Waals surface area (Å²) in [5.41, 5.74) is 2.67. The van der Waals surface area contributed by atoms with E-state index in [9.17, 15) is 4.79 Å². The minimum absolute atomic E-state index is 0. The maximum Gasteiger partial charge on any atom is 0.226 e. The molecule has 0 spiro atoms. The number of nitrogens with one attached hydrogen (secondary N) is 3. The van der Waals surface area contributed by atoms with Crippen molar-refractivity contribution in [2.45, 2.75) is 26.7 Å². The van der Waals surface area contributed by atoms with Crippen LogP contribution in [0.5, 0.6) is 0 Å². The highest BCUT2D eigenvalue weighted by Gasteiger charge is 2.07. The molecule has 0 fully saturated rings. The Hall–Kier alpha value is -1.58. The van der Waals surface area contributed by atoms with Crippen LogP contribution in [0.2, 0.25) is 10.2 Å². The van der Waals surface area contributed by atoms with Crippen LogP contribution in [0.1, 0.15) is 24.5 Å². The number of carbonyl (C=O) groups excluding carboxylic acids is 1. The molecule has 0 radical (unpaired) electrons. The molecule has 2 rings (SSSR count). The molecule has 1 amide bonds. The van der Waals surface area contributed by atoms with Crippen LogP contribution in [0.25, 0.3) is 0 Å². The van der Waals surface area contributed by atoms with Crippen LogP contribution in [0.15, 0.2) is 41.5 Å². The van der Waals surface area contributed by atoms with Gasteiger partial charge >= 0.3 is 0 Å². The summed E-state index contributed by atoms with van der Waals surface area (Å²) in [6.07, 6.45) is 2.84. The molecule has 6 nitrogen and oxygen atoms in total. The van der Waals surface area contributed by atoms with Crippen LogP contribution in [0, 0.1) is 6.92 Å². The second-order valence-corrected chi connectivity index (χ2v) is 6.93. The quantitative estimate of drug-likeness (QED) is 0.197. The Morgan fingerprint density at radius 2 is 1.97 bits per heavy atom. The summed E-state index contributed by atoms with van der Waals surface area (Å²) in [6.45, 7) is 5.68. The minimum Gasteiger partial charge on any atom is -0.357 e. The van der Waals surface area contributed by atoms with Crippen molar-refractivity contribution in [1.29, 1.82) is 0 Å². The molecule has 0 saturated carbocycles. The summed E-state index contributed by atoms with van der Waals surface area (Å²) in [5, 5.41) is 10.4. The molecule has 0 aliphatic carbocycles. The molecule has 1 aromatic carbocycles. The number of carbonyl (C=O) groups is 1. The highest BCUT2D eigenvalue weighted by atomic mass is 127. The zero-order chi connectivity index (χ0) is 20.4. The number of hydrogen-bond acceptors (Lipinski definition) is 3. The fraction of sp³-hybridized carbons (Fsp3) is 0.350. The first-order chi connectivity index (χ1) is 13.5. The summed E-state index contributed by atoms with van der Waals surface area (Å²) in [7, 11) is 0. The van der Waals surface area contributed by atoms with Gasteiger partial charge in [0.2, 0.25) is 5.91 Å². The van der Waals surface area contributed by atoms with Gasteiger partial charge in [0.1, 0.15) is 5.15 Å². The summed E-state index contributed by atoms with van der Waals surface area (Å²) in [6, 6.07) is 9.16. The van der Waals surface area contributed by atoms with Crippen LogP contribution in [-0.4, -0.2) is 36.5 Å². The first kappa shape index (κ1) is 25.5. The first-order valence-electron chi connectivity index (χ1n) is 9.17. The number of pyridine rings is 1. The van der Waals surface area contributed by atoms with E-state index < -0.39 is 0 Å².